The van der Waals surface area contributed by atoms with Gasteiger partial charge in [-0.2, -0.15) is 0 Å². The number of rotatable bonds is 2. The highest BCUT2D eigenvalue weighted by Gasteiger charge is 2.16. The van der Waals surface area contributed by atoms with Crippen molar-refractivity contribution in [3.63, 3.8) is 0 Å². The molecule has 0 aliphatic carbocycles. The van der Waals surface area contributed by atoms with Crippen LogP contribution in [0.25, 0.3) is 11.0 Å². The average molecular weight is 310 g/mol. The number of hydrogen-bond acceptors (Lipinski definition) is 2. The summed E-state index contributed by atoms with van der Waals surface area (Å²) in [4.78, 5) is 0. The Morgan fingerprint density at radius 3 is 2.55 bits per heavy atom. The molecule has 0 bridgehead atoms. The Morgan fingerprint density at radius 1 is 1.05 bits per heavy atom. The van der Waals surface area contributed by atoms with E-state index in [-0.39, 0.29) is 5.02 Å². The predicted molar refractivity (Wildman–Crippen MR) is 78.7 cm³/mol. The van der Waals surface area contributed by atoms with Crippen molar-refractivity contribution in [2.24, 2.45) is 5.73 Å². The minimum Gasteiger partial charge on any atom is -0.457 e. The van der Waals surface area contributed by atoms with Crippen LogP contribution in [-0.4, -0.2) is 0 Å². The van der Waals surface area contributed by atoms with Crippen molar-refractivity contribution < 1.29 is 8.81 Å². The molecule has 3 rings (SSSR count). The van der Waals surface area contributed by atoms with Crippen LogP contribution < -0.4 is 5.73 Å². The van der Waals surface area contributed by atoms with E-state index in [2.05, 4.69) is 0 Å². The Balaban J connectivity index is 2.05. The minimum atomic E-state index is -0.578. The zero-order valence-corrected chi connectivity index (χ0v) is 11.8. The highest BCUT2D eigenvalue weighted by Crippen LogP contribution is 2.31. The van der Waals surface area contributed by atoms with Crippen molar-refractivity contribution in [2.45, 2.75) is 6.04 Å². The van der Waals surface area contributed by atoms with Crippen LogP contribution in [0, 0.1) is 5.82 Å². The second-order valence-electron chi connectivity index (χ2n) is 4.46. The molecule has 2 N–H and O–H groups in total. The van der Waals surface area contributed by atoms with E-state index in [1.807, 2.05) is 12.1 Å². The van der Waals surface area contributed by atoms with Gasteiger partial charge in [0.2, 0.25) is 0 Å². The molecular formula is C15H10Cl2FNO. The van der Waals surface area contributed by atoms with E-state index in [9.17, 15) is 4.39 Å². The first-order chi connectivity index (χ1) is 9.56. The largest absolute Gasteiger partial charge is 0.457 e. The van der Waals surface area contributed by atoms with Crippen LogP contribution >= 0.6 is 23.2 Å². The van der Waals surface area contributed by atoms with Crippen LogP contribution in [0.4, 0.5) is 4.39 Å². The molecule has 0 fully saturated rings. The molecule has 5 heteroatoms. The maximum atomic E-state index is 13.5. The third kappa shape index (κ3) is 2.29. The summed E-state index contributed by atoms with van der Waals surface area (Å²) in [5.74, 6) is 0.0172. The molecule has 3 aromatic rings. The number of benzene rings is 2. The Labute approximate surface area is 124 Å². The van der Waals surface area contributed by atoms with Crippen molar-refractivity contribution in [1.82, 2.24) is 0 Å². The number of halogens is 3. The Hall–Kier alpha value is -1.55. The highest BCUT2D eigenvalue weighted by molar-refractivity contribution is 6.34. The number of hydrogen-bond donors (Lipinski definition) is 1. The second-order valence-corrected chi connectivity index (χ2v) is 5.27. The van der Waals surface area contributed by atoms with Crippen LogP contribution in [0.15, 0.2) is 46.9 Å². The summed E-state index contributed by atoms with van der Waals surface area (Å²) in [5, 5.41) is 1.44. The smallest absolute Gasteiger partial charge is 0.152 e. The summed E-state index contributed by atoms with van der Waals surface area (Å²) in [7, 11) is 0. The van der Waals surface area contributed by atoms with Gasteiger partial charge < -0.3 is 10.2 Å². The van der Waals surface area contributed by atoms with Gasteiger partial charge in [-0.05, 0) is 29.8 Å². The van der Waals surface area contributed by atoms with Crippen LogP contribution in [0.2, 0.25) is 10.0 Å². The summed E-state index contributed by atoms with van der Waals surface area (Å²) < 4.78 is 19.2. The predicted octanol–water partition coefficient (Wildman–Crippen LogP) is 4.93. The third-order valence-corrected chi connectivity index (χ3v) is 3.73. The van der Waals surface area contributed by atoms with Crippen LogP contribution in [-0.2, 0) is 0 Å². The van der Waals surface area contributed by atoms with Gasteiger partial charge in [0, 0.05) is 5.39 Å². The van der Waals surface area contributed by atoms with Gasteiger partial charge in [-0.15, -0.1) is 0 Å². The zero-order valence-electron chi connectivity index (χ0n) is 10.2. The molecule has 0 spiro atoms. The molecule has 1 aromatic heterocycles. The quantitative estimate of drug-likeness (QED) is 0.729. The highest BCUT2D eigenvalue weighted by atomic mass is 35.5. The van der Waals surface area contributed by atoms with Gasteiger partial charge in [0.15, 0.2) is 5.58 Å². The molecular weight excluding hydrogens is 300 g/mol. The van der Waals surface area contributed by atoms with Crippen molar-refractivity contribution in [3.05, 3.63) is 69.7 Å². The molecule has 1 heterocycles. The molecule has 0 saturated heterocycles. The molecule has 0 saturated carbocycles. The Bertz CT molecular complexity index is 785. The SMILES string of the molecule is NC(c1ccc(Cl)c(F)c1)c1cc2cccc(Cl)c2o1. The van der Waals surface area contributed by atoms with Gasteiger partial charge >= 0.3 is 0 Å². The van der Waals surface area contributed by atoms with Gasteiger partial charge in [-0.25, -0.2) is 4.39 Å². The van der Waals surface area contributed by atoms with E-state index in [1.54, 1.807) is 18.2 Å². The molecule has 20 heavy (non-hydrogen) atoms. The minimum absolute atomic E-state index is 0.0635. The summed E-state index contributed by atoms with van der Waals surface area (Å²) in [6, 6.07) is 11.1. The number of nitrogens with two attached hydrogens (primary N) is 1. The first kappa shape index (κ1) is 13.4. The third-order valence-electron chi connectivity index (χ3n) is 3.12. The molecule has 0 aliphatic rings. The van der Waals surface area contributed by atoms with Crippen molar-refractivity contribution in [2.75, 3.05) is 0 Å². The van der Waals surface area contributed by atoms with E-state index in [1.165, 1.54) is 12.1 Å². The first-order valence-electron chi connectivity index (χ1n) is 5.95. The van der Waals surface area contributed by atoms with Gasteiger partial charge in [0.05, 0.1) is 16.1 Å². The number of fused-ring (bicyclic) bond motifs is 1. The van der Waals surface area contributed by atoms with Gasteiger partial charge in [-0.1, -0.05) is 41.4 Å². The Morgan fingerprint density at radius 2 is 1.85 bits per heavy atom. The fraction of sp³-hybridized carbons (Fsp3) is 0.0667. The average Bonchev–Trinajstić information content (AvgIpc) is 2.86. The van der Waals surface area contributed by atoms with Gasteiger partial charge in [0.1, 0.15) is 11.6 Å². The molecule has 0 aliphatic heterocycles. The van der Waals surface area contributed by atoms with E-state index < -0.39 is 11.9 Å². The Kier molecular flexibility index (Phi) is 3.42. The fourth-order valence-electron chi connectivity index (χ4n) is 2.07. The maximum absolute atomic E-state index is 13.5. The maximum Gasteiger partial charge on any atom is 0.152 e. The van der Waals surface area contributed by atoms with Crippen molar-refractivity contribution >= 4 is 34.2 Å². The normalized spacial score (nSPS) is 12.8. The summed E-state index contributed by atoms with van der Waals surface area (Å²) >= 11 is 11.7. The summed E-state index contributed by atoms with van der Waals surface area (Å²) in [6.45, 7) is 0. The lowest BCUT2D eigenvalue weighted by atomic mass is 10.1. The van der Waals surface area contributed by atoms with Crippen LogP contribution in [0.3, 0.4) is 0 Å². The number of furan rings is 1. The molecule has 0 amide bonds. The van der Waals surface area contributed by atoms with Gasteiger partial charge in [-0.3, -0.25) is 0 Å². The van der Waals surface area contributed by atoms with Crippen LogP contribution in [0.1, 0.15) is 17.4 Å². The van der Waals surface area contributed by atoms with E-state index in [0.717, 1.165) is 5.39 Å². The topological polar surface area (TPSA) is 39.2 Å². The van der Waals surface area contributed by atoms with Gasteiger partial charge in [0.25, 0.3) is 0 Å². The van der Waals surface area contributed by atoms with Crippen molar-refractivity contribution in [3.8, 4) is 0 Å². The fourth-order valence-corrected chi connectivity index (χ4v) is 2.41. The lowest BCUT2D eigenvalue weighted by Gasteiger charge is -2.09. The monoisotopic (exact) mass is 309 g/mol. The number of para-hydroxylation sites is 1. The molecule has 1 atom stereocenters. The molecule has 2 aromatic carbocycles. The summed E-state index contributed by atoms with van der Waals surface area (Å²) in [6.07, 6.45) is 0. The molecule has 1 unspecified atom stereocenters. The van der Waals surface area contributed by atoms with E-state index in [4.69, 9.17) is 33.4 Å². The lowest BCUT2D eigenvalue weighted by Crippen LogP contribution is -2.11. The summed E-state index contributed by atoms with van der Waals surface area (Å²) in [5.41, 5.74) is 7.27. The van der Waals surface area contributed by atoms with E-state index >= 15 is 0 Å². The van der Waals surface area contributed by atoms with E-state index in [0.29, 0.717) is 21.9 Å². The molecule has 2 nitrogen and oxygen atoms in total. The molecule has 0 radical (unpaired) electrons. The molecule has 102 valence electrons. The zero-order chi connectivity index (χ0) is 14.3. The standard InChI is InChI=1S/C15H10Cl2FNO/c16-10-5-4-8(6-12(10)18)14(19)13-7-9-2-1-3-11(17)15(9)20-13/h1-7,14H,19H2. The van der Waals surface area contributed by atoms with Crippen molar-refractivity contribution in [1.29, 1.82) is 0 Å². The lowest BCUT2D eigenvalue weighted by molar-refractivity contribution is 0.523. The van der Waals surface area contributed by atoms with Crippen LogP contribution in [0.5, 0.6) is 0 Å². The first-order valence-corrected chi connectivity index (χ1v) is 6.70. The second kappa shape index (κ2) is 5.09.